The Morgan fingerprint density at radius 2 is 1.86 bits per heavy atom. The van der Waals surface area contributed by atoms with Crippen molar-refractivity contribution in [2.45, 2.75) is 24.4 Å². The van der Waals surface area contributed by atoms with E-state index in [2.05, 4.69) is 0 Å². The molecular weight excluding hydrogens is 409 g/mol. The van der Waals surface area contributed by atoms with Gasteiger partial charge in [0.05, 0.1) is 18.8 Å². The smallest absolute Gasteiger partial charge is 0.407 e. The Morgan fingerprint density at radius 3 is 2.45 bits per heavy atom. The first kappa shape index (κ1) is 21.1. The summed E-state index contributed by atoms with van der Waals surface area (Å²) in [5, 5.41) is 9.33. The van der Waals surface area contributed by atoms with E-state index in [0.717, 1.165) is 0 Å². The molecule has 0 saturated carbocycles. The van der Waals surface area contributed by atoms with E-state index in [9.17, 15) is 27.1 Å². The lowest BCUT2D eigenvalue weighted by Crippen LogP contribution is -2.52. The molecule has 0 bridgehead atoms. The van der Waals surface area contributed by atoms with Gasteiger partial charge in [-0.3, -0.25) is 4.90 Å². The molecule has 1 saturated heterocycles. The first-order valence-electron chi connectivity index (χ1n) is 8.67. The van der Waals surface area contributed by atoms with Gasteiger partial charge in [0.2, 0.25) is 10.0 Å². The number of nitrogens with one attached hydrogen (secondary N) is 1. The minimum Gasteiger partial charge on any atom is -0.465 e. The van der Waals surface area contributed by atoms with Gasteiger partial charge < -0.3 is 5.11 Å². The minimum atomic E-state index is -4.06. The molecular formula is C19H19F3N2O4S. The summed E-state index contributed by atoms with van der Waals surface area (Å²) >= 11 is 0. The fraction of sp³-hybridized carbons (Fsp3) is 0.316. The van der Waals surface area contributed by atoms with Crippen LogP contribution in [0.15, 0.2) is 48.5 Å². The van der Waals surface area contributed by atoms with Crippen LogP contribution in [-0.2, 0) is 16.4 Å². The van der Waals surface area contributed by atoms with Crippen LogP contribution < -0.4 is 4.72 Å². The molecule has 0 aromatic heterocycles. The first-order valence-corrected chi connectivity index (χ1v) is 10.6. The molecule has 0 unspecified atom stereocenters. The van der Waals surface area contributed by atoms with Crippen LogP contribution in [-0.4, -0.2) is 55.3 Å². The fourth-order valence-corrected chi connectivity index (χ4v) is 4.33. The van der Waals surface area contributed by atoms with Gasteiger partial charge in [0.25, 0.3) is 5.92 Å². The van der Waals surface area contributed by atoms with Crippen molar-refractivity contribution >= 4 is 16.1 Å². The average Bonchev–Trinajstić information content (AvgIpc) is 2.87. The maximum Gasteiger partial charge on any atom is 0.407 e. The van der Waals surface area contributed by atoms with Crippen LogP contribution in [0.4, 0.5) is 18.0 Å². The molecule has 0 radical (unpaired) electrons. The molecule has 6 nitrogen and oxygen atoms in total. The van der Waals surface area contributed by atoms with E-state index in [0.29, 0.717) is 16.7 Å². The molecule has 3 rings (SSSR count). The molecule has 10 heteroatoms. The summed E-state index contributed by atoms with van der Waals surface area (Å²) < 4.78 is 68.9. The number of carboxylic acid groups (broad SMARTS) is 1. The fourth-order valence-electron chi connectivity index (χ4n) is 3.54. The van der Waals surface area contributed by atoms with Gasteiger partial charge in [0.15, 0.2) is 0 Å². The lowest BCUT2D eigenvalue weighted by atomic mass is 9.95. The zero-order valence-electron chi connectivity index (χ0n) is 15.3. The van der Waals surface area contributed by atoms with E-state index in [4.69, 9.17) is 0 Å². The van der Waals surface area contributed by atoms with Gasteiger partial charge in [0.1, 0.15) is 11.9 Å². The number of halogens is 3. The molecule has 2 N–H and O–H groups in total. The maximum atomic E-state index is 15.1. The molecule has 1 amide bonds. The summed E-state index contributed by atoms with van der Waals surface area (Å²) in [5.41, 5.74) is 0.826. The number of benzene rings is 2. The Hall–Kier alpha value is -2.59. The number of hydrogen-bond acceptors (Lipinski definition) is 3. The lowest BCUT2D eigenvalue weighted by molar-refractivity contribution is -0.00560. The standard InChI is InChI=1S/C19H19F3N2O4S/c1-29(27,28)23-17-15(24(18(25)26)11-19(17,21)22)10-13-8-5-9-14(16(13)20)12-6-3-2-4-7-12/h2-9,15,17,23H,10-11H2,1H3,(H,25,26)/t15-,17+/m0/s1. The van der Waals surface area contributed by atoms with Crippen molar-refractivity contribution in [3.05, 3.63) is 59.9 Å². The Labute approximate surface area is 166 Å². The summed E-state index contributed by atoms with van der Waals surface area (Å²) in [6.45, 7) is -1.18. The molecule has 0 aliphatic carbocycles. The molecule has 2 aromatic rings. The normalized spacial score (nSPS) is 21.3. The van der Waals surface area contributed by atoms with Crippen molar-refractivity contribution in [1.82, 2.24) is 9.62 Å². The topological polar surface area (TPSA) is 86.7 Å². The van der Waals surface area contributed by atoms with Gasteiger partial charge in [-0.25, -0.2) is 31.1 Å². The number of alkyl halides is 2. The highest BCUT2D eigenvalue weighted by Gasteiger charge is 2.57. The second kappa shape index (κ2) is 7.68. The van der Waals surface area contributed by atoms with E-state index in [-0.39, 0.29) is 11.1 Å². The molecule has 156 valence electrons. The van der Waals surface area contributed by atoms with E-state index < -0.39 is 52.9 Å². The van der Waals surface area contributed by atoms with E-state index >= 15 is 4.39 Å². The van der Waals surface area contributed by atoms with Crippen molar-refractivity contribution < 1.29 is 31.5 Å². The molecule has 0 spiro atoms. The Balaban J connectivity index is 2.00. The zero-order valence-corrected chi connectivity index (χ0v) is 16.2. The van der Waals surface area contributed by atoms with Crippen molar-refractivity contribution in [3.8, 4) is 11.1 Å². The first-order chi connectivity index (χ1) is 13.5. The zero-order chi connectivity index (χ0) is 21.4. The SMILES string of the molecule is CS(=O)(=O)N[C@@H]1[C@H](Cc2cccc(-c3ccccc3)c2F)N(C(=O)O)CC1(F)F. The van der Waals surface area contributed by atoms with Crippen LogP contribution in [0.1, 0.15) is 5.56 Å². The van der Waals surface area contributed by atoms with Crippen LogP contribution in [0, 0.1) is 5.82 Å². The van der Waals surface area contributed by atoms with Gasteiger partial charge in [-0.1, -0.05) is 48.5 Å². The number of carbonyl (C=O) groups is 1. The molecule has 2 aromatic carbocycles. The summed E-state index contributed by atoms with van der Waals surface area (Å²) in [6, 6.07) is 9.53. The van der Waals surface area contributed by atoms with Gasteiger partial charge in [-0.15, -0.1) is 0 Å². The van der Waals surface area contributed by atoms with Crippen molar-refractivity contribution in [1.29, 1.82) is 0 Å². The van der Waals surface area contributed by atoms with E-state index in [1.807, 2.05) is 4.72 Å². The van der Waals surface area contributed by atoms with Crippen LogP contribution in [0.2, 0.25) is 0 Å². The van der Waals surface area contributed by atoms with Crippen LogP contribution >= 0.6 is 0 Å². The lowest BCUT2D eigenvalue weighted by Gasteiger charge is -2.26. The second-order valence-electron chi connectivity index (χ2n) is 6.96. The number of likely N-dealkylation sites (tertiary alicyclic amines) is 1. The Kier molecular flexibility index (Phi) is 5.59. The third kappa shape index (κ3) is 4.54. The van der Waals surface area contributed by atoms with E-state index in [1.54, 1.807) is 30.3 Å². The van der Waals surface area contributed by atoms with Gasteiger partial charge in [0, 0.05) is 5.56 Å². The van der Waals surface area contributed by atoms with Crippen molar-refractivity contribution in [3.63, 3.8) is 0 Å². The second-order valence-corrected chi connectivity index (χ2v) is 8.74. The number of sulfonamides is 1. The number of nitrogens with zero attached hydrogens (tertiary/aromatic N) is 1. The predicted octanol–water partition coefficient (Wildman–Crippen LogP) is 2.95. The molecule has 29 heavy (non-hydrogen) atoms. The largest absolute Gasteiger partial charge is 0.465 e. The van der Waals surface area contributed by atoms with Crippen LogP contribution in [0.25, 0.3) is 11.1 Å². The third-order valence-corrected chi connectivity index (χ3v) is 5.48. The summed E-state index contributed by atoms with van der Waals surface area (Å²) in [6.07, 6.45) is -1.34. The average molecular weight is 428 g/mol. The van der Waals surface area contributed by atoms with Crippen molar-refractivity contribution in [2.24, 2.45) is 0 Å². The quantitative estimate of drug-likeness (QED) is 0.767. The van der Waals surface area contributed by atoms with Gasteiger partial charge >= 0.3 is 6.09 Å². The monoisotopic (exact) mass is 428 g/mol. The highest BCUT2D eigenvalue weighted by atomic mass is 32.2. The van der Waals surface area contributed by atoms with Crippen LogP contribution in [0.5, 0.6) is 0 Å². The highest BCUT2D eigenvalue weighted by Crippen LogP contribution is 2.36. The van der Waals surface area contributed by atoms with Gasteiger partial charge in [-0.05, 0) is 17.5 Å². The summed E-state index contributed by atoms with van der Waals surface area (Å²) in [7, 11) is -4.06. The Morgan fingerprint density at radius 1 is 1.21 bits per heavy atom. The van der Waals surface area contributed by atoms with E-state index in [1.165, 1.54) is 18.2 Å². The summed E-state index contributed by atoms with van der Waals surface area (Å²) in [4.78, 5) is 12.0. The molecule has 1 fully saturated rings. The molecule has 2 atom stereocenters. The minimum absolute atomic E-state index is 0.0144. The molecule has 1 aliphatic heterocycles. The highest BCUT2D eigenvalue weighted by molar-refractivity contribution is 7.88. The molecule has 1 heterocycles. The number of rotatable bonds is 5. The molecule has 1 aliphatic rings. The van der Waals surface area contributed by atoms with Crippen LogP contribution in [0.3, 0.4) is 0 Å². The summed E-state index contributed by atoms with van der Waals surface area (Å²) in [5.74, 6) is -4.31. The Bertz CT molecular complexity index is 1020. The third-order valence-electron chi connectivity index (χ3n) is 4.80. The predicted molar refractivity (Wildman–Crippen MR) is 101 cm³/mol. The number of amides is 1. The van der Waals surface area contributed by atoms with Gasteiger partial charge in [-0.2, -0.15) is 0 Å². The number of hydrogen-bond donors (Lipinski definition) is 2. The van der Waals surface area contributed by atoms with Crippen molar-refractivity contribution in [2.75, 3.05) is 12.8 Å². The maximum absolute atomic E-state index is 15.1.